The van der Waals surface area contributed by atoms with Crippen LogP contribution in [-0.2, 0) is 0 Å². The van der Waals surface area contributed by atoms with Crippen LogP contribution in [0.1, 0.15) is 12.5 Å². The van der Waals surface area contributed by atoms with Crippen LogP contribution in [0.15, 0.2) is 22.7 Å². The highest BCUT2D eigenvalue weighted by Gasteiger charge is 2.26. The third kappa shape index (κ3) is 3.71. The Morgan fingerprint density at radius 3 is 2.79 bits per heavy atom. The molecule has 3 nitrogen and oxygen atoms in total. The van der Waals surface area contributed by atoms with Gasteiger partial charge in [-0.3, -0.25) is 0 Å². The molecule has 0 aromatic heterocycles. The van der Waals surface area contributed by atoms with Crippen LogP contribution in [0.4, 0.5) is 5.69 Å². The van der Waals surface area contributed by atoms with Gasteiger partial charge in [-0.15, -0.1) is 0 Å². The maximum Gasteiger partial charge on any atom is 0.0542 e. The molecule has 1 aromatic rings. The number of rotatable bonds is 3. The predicted molar refractivity (Wildman–Crippen MR) is 86.0 cm³/mol. The van der Waals surface area contributed by atoms with Crippen LogP contribution in [0.3, 0.4) is 0 Å². The highest BCUT2D eigenvalue weighted by Crippen LogP contribution is 2.25. The molecule has 2 atom stereocenters. The van der Waals surface area contributed by atoms with Gasteiger partial charge in [-0.1, -0.05) is 15.9 Å². The molecule has 4 heteroatoms. The van der Waals surface area contributed by atoms with Gasteiger partial charge in [-0.2, -0.15) is 0 Å². The fourth-order valence-electron chi connectivity index (χ4n) is 2.66. The second-order valence-electron chi connectivity index (χ2n) is 5.81. The number of likely N-dealkylation sites (N-methyl/N-ethyl adjacent to an activating group) is 1. The van der Waals surface area contributed by atoms with Crippen molar-refractivity contribution in [2.75, 3.05) is 38.6 Å². The van der Waals surface area contributed by atoms with Crippen molar-refractivity contribution in [3.63, 3.8) is 0 Å². The molecular formula is C15H24BrN3. The largest absolute Gasteiger partial charge is 0.364 e. The molecule has 0 radical (unpaired) electrons. The SMILES string of the molecule is Cc1cc(N2CC(C)NCC2CN(C)C)ccc1Br. The zero-order valence-corrected chi connectivity index (χ0v) is 13.9. The van der Waals surface area contributed by atoms with Gasteiger partial charge < -0.3 is 15.1 Å². The summed E-state index contributed by atoms with van der Waals surface area (Å²) in [7, 11) is 4.28. The molecule has 1 saturated heterocycles. The van der Waals surface area contributed by atoms with Gasteiger partial charge in [-0.05, 0) is 51.7 Å². The zero-order chi connectivity index (χ0) is 14.0. The van der Waals surface area contributed by atoms with E-state index in [0.717, 1.165) is 19.6 Å². The molecule has 0 bridgehead atoms. The summed E-state index contributed by atoms with van der Waals surface area (Å²) in [6.07, 6.45) is 0. The molecule has 0 saturated carbocycles. The number of hydrogen-bond acceptors (Lipinski definition) is 3. The molecule has 1 aliphatic rings. The van der Waals surface area contributed by atoms with Crippen molar-refractivity contribution in [1.82, 2.24) is 10.2 Å². The first kappa shape index (κ1) is 14.8. The summed E-state index contributed by atoms with van der Waals surface area (Å²) in [4.78, 5) is 4.81. The quantitative estimate of drug-likeness (QED) is 0.921. The van der Waals surface area contributed by atoms with Gasteiger partial charge in [0.25, 0.3) is 0 Å². The van der Waals surface area contributed by atoms with Gasteiger partial charge >= 0.3 is 0 Å². The molecule has 0 spiro atoms. The van der Waals surface area contributed by atoms with Crippen molar-refractivity contribution in [3.8, 4) is 0 Å². The Morgan fingerprint density at radius 2 is 2.16 bits per heavy atom. The van der Waals surface area contributed by atoms with Gasteiger partial charge in [0.2, 0.25) is 0 Å². The molecule has 1 N–H and O–H groups in total. The average Bonchev–Trinajstić information content (AvgIpc) is 2.34. The first-order valence-corrected chi connectivity index (χ1v) is 7.67. The average molecular weight is 326 g/mol. The monoisotopic (exact) mass is 325 g/mol. The number of anilines is 1. The first-order chi connectivity index (χ1) is 8.97. The molecule has 2 rings (SSSR count). The molecule has 0 aliphatic carbocycles. The Morgan fingerprint density at radius 1 is 1.42 bits per heavy atom. The molecule has 19 heavy (non-hydrogen) atoms. The first-order valence-electron chi connectivity index (χ1n) is 6.88. The highest BCUT2D eigenvalue weighted by molar-refractivity contribution is 9.10. The van der Waals surface area contributed by atoms with Crippen molar-refractivity contribution in [3.05, 3.63) is 28.2 Å². The maximum absolute atomic E-state index is 3.59. The number of aryl methyl sites for hydroxylation is 1. The lowest BCUT2D eigenvalue weighted by Gasteiger charge is -2.42. The van der Waals surface area contributed by atoms with Crippen molar-refractivity contribution in [2.45, 2.75) is 25.9 Å². The van der Waals surface area contributed by atoms with Crippen LogP contribution in [0.2, 0.25) is 0 Å². The lowest BCUT2D eigenvalue weighted by atomic mass is 10.1. The van der Waals surface area contributed by atoms with E-state index in [4.69, 9.17) is 0 Å². The Kier molecular flexibility index (Phi) is 4.87. The second-order valence-corrected chi connectivity index (χ2v) is 6.67. The summed E-state index contributed by atoms with van der Waals surface area (Å²) in [5.74, 6) is 0. The third-order valence-electron chi connectivity index (χ3n) is 3.66. The number of hydrogen-bond donors (Lipinski definition) is 1. The van der Waals surface area contributed by atoms with Gasteiger partial charge in [0, 0.05) is 35.8 Å². The zero-order valence-electron chi connectivity index (χ0n) is 12.3. The predicted octanol–water partition coefficient (Wildman–Crippen LogP) is 2.49. The van der Waals surface area contributed by atoms with Crippen molar-refractivity contribution < 1.29 is 0 Å². The Bertz CT molecular complexity index is 433. The number of benzene rings is 1. The van der Waals surface area contributed by atoms with E-state index >= 15 is 0 Å². The number of halogens is 1. The number of nitrogens with one attached hydrogen (secondary N) is 1. The fraction of sp³-hybridized carbons (Fsp3) is 0.600. The second kappa shape index (κ2) is 6.25. The number of piperazine rings is 1. The lowest BCUT2D eigenvalue weighted by Crippen LogP contribution is -2.58. The van der Waals surface area contributed by atoms with E-state index in [1.165, 1.54) is 15.7 Å². The molecule has 0 amide bonds. The molecule has 106 valence electrons. The summed E-state index contributed by atoms with van der Waals surface area (Å²) < 4.78 is 1.18. The fourth-order valence-corrected chi connectivity index (χ4v) is 2.91. The van der Waals surface area contributed by atoms with Crippen LogP contribution in [-0.4, -0.2) is 50.7 Å². The van der Waals surface area contributed by atoms with Gasteiger partial charge in [0.05, 0.1) is 6.04 Å². The summed E-state index contributed by atoms with van der Waals surface area (Å²) in [6.45, 7) is 7.60. The minimum Gasteiger partial charge on any atom is -0.364 e. The smallest absolute Gasteiger partial charge is 0.0542 e. The van der Waals surface area contributed by atoms with Gasteiger partial charge in [0.15, 0.2) is 0 Å². The van der Waals surface area contributed by atoms with E-state index in [9.17, 15) is 0 Å². The van der Waals surface area contributed by atoms with Crippen LogP contribution in [0, 0.1) is 6.92 Å². The Labute approximate surface area is 125 Å². The summed E-state index contributed by atoms with van der Waals surface area (Å²) >= 11 is 3.58. The third-order valence-corrected chi connectivity index (χ3v) is 4.55. The van der Waals surface area contributed by atoms with E-state index in [-0.39, 0.29) is 0 Å². The van der Waals surface area contributed by atoms with E-state index < -0.39 is 0 Å². The molecule has 2 unspecified atom stereocenters. The molecule has 1 aliphatic heterocycles. The van der Waals surface area contributed by atoms with E-state index in [1.807, 2.05) is 0 Å². The van der Waals surface area contributed by atoms with Crippen LogP contribution in [0.5, 0.6) is 0 Å². The highest BCUT2D eigenvalue weighted by atomic mass is 79.9. The summed E-state index contributed by atoms with van der Waals surface area (Å²) in [5, 5.41) is 3.59. The van der Waals surface area contributed by atoms with Crippen LogP contribution in [0.25, 0.3) is 0 Å². The lowest BCUT2D eigenvalue weighted by molar-refractivity contribution is 0.317. The Balaban J connectivity index is 2.23. The Hall–Kier alpha value is -0.580. The summed E-state index contributed by atoms with van der Waals surface area (Å²) in [5.41, 5.74) is 2.63. The standard InChI is InChI=1S/C15H24BrN3/c1-11-7-13(5-6-15(11)16)19-9-12(2)17-8-14(19)10-18(3)4/h5-7,12,14,17H,8-10H2,1-4H3. The maximum atomic E-state index is 3.59. The van der Waals surface area contributed by atoms with Gasteiger partial charge in [-0.25, -0.2) is 0 Å². The van der Waals surface area contributed by atoms with Crippen LogP contribution >= 0.6 is 15.9 Å². The van der Waals surface area contributed by atoms with Crippen molar-refractivity contribution >= 4 is 21.6 Å². The topological polar surface area (TPSA) is 18.5 Å². The van der Waals surface area contributed by atoms with E-state index in [0.29, 0.717) is 12.1 Å². The van der Waals surface area contributed by atoms with E-state index in [1.54, 1.807) is 0 Å². The number of nitrogens with zero attached hydrogens (tertiary/aromatic N) is 2. The normalized spacial score (nSPS) is 24.0. The van der Waals surface area contributed by atoms with Gasteiger partial charge in [0.1, 0.15) is 0 Å². The van der Waals surface area contributed by atoms with Crippen molar-refractivity contribution in [1.29, 1.82) is 0 Å². The molecule has 1 heterocycles. The molecule has 1 fully saturated rings. The summed E-state index contributed by atoms with van der Waals surface area (Å²) in [6, 6.07) is 7.74. The molecular weight excluding hydrogens is 302 g/mol. The minimum absolute atomic E-state index is 0.534. The van der Waals surface area contributed by atoms with Crippen LogP contribution < -0.4 is 10.2 Å². The minimum atomic E-state index is 0.534. The molecule has 1 aromatic carbocycles. The van der Waals surface area contributed by atoms with E-state index in [2.05, 4.69) is 77.2 Å². The van der Waals surface area contributed by atoms with Crippen molar-refractivity contribution in [2.24, 2.45) is 0 Å².